The lowest BCUT2D eigenvalue weighted by Crippen LogP contribution is -2.36. The Labute approximate surface area is 224 Å². The SMILES string of the molecule is C#CCNC(=O)C(C#N)=c1sc(=CNc2cccc(N(C)C(=O)CN(C)c3ccccc3)c2)c(=O)n1CC. The van der Waals surface area contributed by atoms with Gasteiger partial charge in [0.25, 0.3) is 11.5 Å². The third kappa shape index (κ3) is 6.49. The highest BCUT2D eigenvalue weighted by Crippen LogP contribution is 2.19. The van der Waals surface area contributed by atoms with Gasteiger partial charge in [0, 0.05) is 43.9 Å². The molecule has 2 aromatic carbocycles. The molecule has 1 aromatic heterocycles. The maximum absolute atomic E-state index is 12.9. The van der Waals surface area contributed by atoms with Crippen LogP contribution in [-0.2, 0) is 16.1 Å². The van der Waals surface area contributed by atoms with Gasteiger partial charge in [0.1, 0.15) is 15.3 Å². The van der Waals surface area contributed by atoms with Crippen molar-refractivity contribution >= 4 is 52.0 Å². The first-order valence-corrected chi connectivity index (χ1v) is 12.6. The van der Waals surface area contributed by atoms with Crippen molar-refractivity contribution in [3.8, 4) is 18.4 Å². The Morgan fingerprint density at radius 2 is 1.84 bits per heavy atom. The molecule has 9 nitrogen and oxygen atoms in total. The van der Waals surface area contributed by atoms with E-state index in [4.69, 9.17) is 6.42 Å². The fraction of sp³-hybridized carbons (Fsp3) is 0.214. The van der Waals surface area contributed by atoms with Crippen LogP contribution in [0.15, 0.2) is 59.4 Å². The molecule has 0 aliphatic heterocycles. The summed E-state index contributed by atoms with van der Waals surface area (Å²) in [4.78, 5) is 41.6. The van der Waals surface area contributed by atoms with Crippen molar-refractivity contribution in [1.29, 1.82) is 5.26 Å². The third-order valence-corrected chi connectivity index (χ3v) is 6.80. The van der Waals surface area contributed by atoms with Gasteiger partial charge in [-0.1, -0.05) is 30.2 Å². The number of aromatic nitrogens is 1. The fourth-order valence-corrected chi connectivity index (χ4v) is 4.67. The van der Waals surface area contributed by atoms with Crippen molar-refractivity contribution in [2.75, 3.05) is 42.3 Å². The van der Waals surface area contributed by atoms with E-state index in [0.717, 1.165) is 17.0 Å². The summed E-state index contributed by atoms with van der Waals surface area (Å²) in [5, 5.41) is 15.1. The quantitative estimate of drug-likeness (QED) is 0.405. The number of rotatable bonds is 9. The minimum Gasteiger partial charge on any atom is -0.365 e. The van der Waals surface area contributed by atoms with Crippen LogP contribution in [0.4, 0.5) is 17.1 Å². The van der Waals surface area contributed by atoms with Gasteiger partial charge in [-0.25, -0.2) is 0 Å². The largest absolute Gasteiger partial charge is 0.365 e. The van der Waals surface area contributed by atoms with Gasteiger partial charge in [0.05, 0.1) is 13.1 Å². The van der Waals surface area contributed by atoms with Crippen LogP contribution >= 0.6 is 11.3 Å². The van der Waals surface area contributed by atoms with E-state index in [0.29, 0.717) is 15.9 Å². The Balaban J connectivity index is 1.85. The van der Waals surface area contributed by atoms with Gasteiger partial charge in [0.15, 0.2) is 5.57 Å². The number of benzene rings is 2. The van der Waals surface area contributed by atoms with Gasteiger partial charge in [-0.15, -0.1) is 17.8 Å². The van der Waals surface area contributed by atoms with E-state index < -0.39 is 5.91 Å². The van der Waals surface area contributed by atoms with Crippen LogP contribution in [0.2, 0.25) is 0 Å². The number of carbonyl (C=O) groups excluding carboxylic acids is 2. The molecule has 0 fully saturated rings. The minimum absolute atomic E-state index is 0.0257. The lowest BCUT2D eigenvalue weighted by Gasteiger charge is -2.23. The molecular formula is C28H28N6O3S. The molecule has 38 heavy (non-hydrogen) atoms. The van der Waals surface area contributed by atoms with Crippen molar-refractivity contribution in [3.05, 3.63) is 74.1 Å². The molecule has 0 radical (unpaired) electrons. The van der Waals surface area contributed by atoms with Crippen LogP contribution in [0.5, 0.6) is 0 Å². The molecule has 0 unspecified atom stereocenters. The van der Waals surface area contributed by atoms with Crippen molar-refractivity contribution in [1.82, 2.24) is 9.88 Å². The summed E-state index contributed by atoms with van der Waals surface area (Å²) in [6, 6.07) is 18.8. The number of amides is 2. The number of nitriles is 1. The zero-order valence-corrected chi connectivity index (χ0v) is 22.2. The highest BCUT2D eigenvalue weighted by atomic mass is 32.1. The van der Waals surface area contributed by atoms with Crippen LogP contribution in [0.1, 0.15) is 6.92 Å². The molecular weight excluding hydrogens is 500 g/mol. The third-order valence-electron chi connectivity index (χ3n) is 5.67. The summed E-state index contributed by atoms with van der Waals surface area (Å²) < 4.78 is 1.95. The van der Waals surface area contributed by atoms with Crippen molar-refractivity contribution in [2.45, 2.75) is 13.5 Å². The lowest BCUT2D eigenvalue weighted by atomic mass is 10.2. The Kier molecular flexibility index (Phi) is 9.47. The molecule has 0 aliphatic rings. The number of carbonyl (C=O) groups is 2. The van der Waals surface area contributed by atoms with Crippen molar-refractivity contribution in [3.63, 3.8) is 0 Å². The first-order chi connectivity index (χ1) is 18.3. The Hall–Kier alpha value is -4.80. The van der Waals surface area contributed by atoms with E-state index in [1.807, 2.05) is 54.4 Å². The summed E-state index contributed by atoms with van der Waals surface area (Å²) in [6.07, 6.45) is 6.71. The van der Waals surface area contributed by atoms with Crippen LogP contribution < -0.4 is 35.2 Å². The molecule has 0 bridgehead atoms. The zero-order chi connectivity index (χ0) is 27.7. The van der Waals surface area contributed by atoms with Gasteiger partial charge in [-0.2, -0.15) is 5.26 Å². The number of likely N-dealkylation sites (N-methyl/N-ethyl adjacent to an activating group) is 2. The van der Waals surface area contributed by atoms with E-state index in [1.54, 1.807) is 37.1 Å². The molecule has 3 aromatic rings. The average molecular weight is 529 g/mol. The molecule has 0 saturated carbocycles. The highest BCUT2D eigenvalue weighted by Gasteiger charge is 2.16. The van der Waals surface area contributed by atoms with Gasteiger partial charge in [0.2, 0.25) is 5.91 Å². The van der Waals surface area contributed by atoms with Crippen LogP contribution in [0, 0.1) is 23.7 Å². The number of anilines is 3. The van der Waals surface area contributed by atoms with Crippen LogP contribution in [0.3, 0.4) is 0 Å². The topological polar surface area (TPSA) is 110 Å². The van der Waals surface area contributed by atoms with E-state index in [-0.39, 0.29) is 41.3 Å². The number of hydrogen-bond donors (Lipinski definition) is 2. The number of nitrogens with zero attached hydrogens (tertiary/aromatic N) is 4. The fourth-order valence-electron chi connectivity index (χ4n) is 3.59. The molecule has 10 heteroatoms. The molecule has 0 aliphatic carbocycles. The smallest absolute Gasteiger partial charge is 0.270 e. The van der Waals surface area contributed by atoms with Crippen LogP contribution in [-0.4, -0.2) is 43.6 Å². The van der Waals surface area contributed by atoms with Gasteiger partial charge >= 0.3 is 0 Å². The van der Waals surface area contributed by atoms with E-state index >= 15 is 0 Å². The second kappa shape index (κ2) is 12.9. The van der Waals surface area contributed by atoms with Gasteiger partial charge in [-0.3, -0.25) is 19.0 Å². The van der Waals surface area contributed by atoms with E-state index in [2.05, 4.69) is 16.6 Å². The molecule has 0 atom stereocenters. The summed E-state index contributed by atoms with van der Waals surface area (Å²) >= 11 is 1.03. The minimum atomic E-state index is -0.633. The van der Waals surface area contributed by atoms with E-state index in [9.17, 15) is 19.6 Å². The second-order valence-electron chi connectivity index (χ2n) is 8.18. The number of thiazole rings is 1. The molecule has 2 amide bonds. The molecule has 1 heterocycles. The normalized spacial score (nSPS) is 11.7. The Bertz CT molecular complexity index is 1580. The van der Waals surface area contributed by atoms with Crippen LogP contribution in [0.25, 0.3) is 11.8 Å². The highest BCUT2D eigenvalue weighted by molar-refractivity contribution is 7.07. The van der Waals surface area contributed by atoms with Gasteiger partial charge < -0.3 is 20.4 Å². The maximum Gasteiger partial charge on any atom is 0.270 e. The zero-order valence-electron chi connectivity index (χ0n) is 21.4. The monoisotopic (exact) mass is 528 g/mol. The molecule has 0 saturated heterocycles. The van der Waals surface area contributed by atoms with Crippen molar-refractivity contribution < 1.29 is 9.59 Å². The summed E-state index contributed by atoms with van der Waals surface area (Å²) in [5.74, 6) is 1.56. The second-order valence-corrected chi connectivity index (χ2v) is 9.21. The summed E-state index contributed by atoms with van der Waals surface area (Å²) in [7, 11) is 3.57. The predicted octanol–water partition coefficient (Wildman–Crippen LogP) is 1.30. The molecule has 0 spiro atoms. The first kappa shape index (κ1) is 27.8. The standard InChI is InChI=1S/C28H28N6O3S/c1-5-15-30-26(36)23(17-29)28-34(6-2)27(37)24(38-28)18-31-20-11-10-14-22(16-20)33(4)25(35)19-32(3)21-12-8-7-9-13-21/h1,7-14,16,18,31H,6,15,19H2,2-4H3,(H,30,36). The number of hydrogen-bond acceptors (Lipinski definition) is 7. The maximum atomic E-state index is 12.9. The Morgan fingerprint density at radius 3 is 2.50 bits per heavy atom. The lowest BCUT2D eigenvalue weighted by molar-refractivity contribution is -0.117. The molecule has 2 N–H and O–H groups in total. The predicted molar refractivity (Wildman–Crippen MR) is 152 cm³/mol. The molecule has 3 rings (SSSR count). The van der Waals surface area contributed by atoms with Crippen molar-refractivity contribution in [2.24, 2.45) is 0 Å². The number of para-hydroxylation sites is 1. The molecule has 194 valence electrons. The van der Waals surface area contributed by atoms with Gasteiger partial charge in [-0.05, 0) is 37.3 Å². The first-order valence-electron chi connectivity index (χ1n) is 11.8. The van der Waals surface area contributed by atoms with E-state index in [1.165, 1.54) is 10.8 Å². The average Bonchev–Trinajstić information content (AvgIpc) is 3.25. The Morgan fingerprint density at radius 1 is 1.13 bits per heavy atom. The number of terminal acetylenes is 1. The summed E-state index contributed by atoms with van der Waals surface area (Å²) in [5.41, 5.74) is 1.78. The number of nitrogens with one attached hydrogen (secondary N) is 2. The summed E-state index contributed by atoms with van der Waals surface area (Å²) in [6.45, 7) is 2.22.